The van der Waals surface area contributed by atoms with Crippen LogP contribution in [0.2, 0.25) is 0 Å². The van der Waals surface area contributed by atoms with Gasteiger partial charge in [-0.1, -0.05) is 30.3 Å². The summed E-state index contributed by atoms with van der Waals surface area (Å²) in [5, 5.41) is 6.67. The molecule has 0 bridgehead atoms. The van der Waals surface area contributed by atoms with Crippen molar-refractivity contribution < 1.29 is 14.3 Å². The van der Waals surface area contributed by atoms with Gasteiger partial charge >= 0.3 is 0 Å². The van der Waals surface area contributed by atoms with Gasteiger partial charge in [-0.2, -0.15) is 0 Å². The van der Waals surface area contributed by atoms with E-state index in [1.165, 1.54) is 0 Å². The number of rotatable bonds is 9. The molecule has 1 aliphatic rings. The first-order valence-electron chi connectivity index (χ1n) is 10.3. The second-order valence-electron chi connectivity index (χ2n) is 7.07. The van der Waals surface area contributed by atoms with Crippen LogP contribution in [0.15, 0.2) is 59.6 Å². The topological polar surface area (TPSA) is 75.2 Å². The van der Waals surface area contributed by atoms with Crippen molar-refractivity contribution in [3.05, 3.63) is 60.2 Å². The highest BCUT2D eigenvalue weighted by Gasteiger charge is 2.31. The lowest BCUT2D eigenvalue weighted by molar-refractivity contribution is -0.117. The van der Waals surface area contributed by atoms with Gasteiger partial charge in [0.25, 0.3) is 0 Å². The molecule has 1 aliphatic heterocycles. The van der Waals surface area contributed by atoms with E-state index in [2.05, 4.69) is 15.6 Å². The minimum absolute atomic E-state index is 0.0204. The van der Waals surface area contributed by atoms with Gasteiger partial charge in [0.15, 0.2) is 5.96 Å². The minimum atomic E-state index is 0.0204. The van der Waals surface area contributed by atoms with Gasteiger partial charge in [-0.05, 0) is 36.8 Å². The summed E-state index contributed by atoms with van der Waals surface area (Å²) in [5.74, 6) is 1.65. The standard InChI is InChI=1S/C23H30N4O3/c1-3-24-23(25-16-18-9-11-21(12-10-18)30-14-13-29-2)26-19-15-22(28)27(17-19)20-7-5-4-6-8-20/h4-12,19H,3,13-17H2,1-2H3,(H2,24,25,26). The quantitative estimate of drug-likeness (QED) is 0.378. The third kappa shape index (κ3) is 6.22. The van der Waals surface area contributed by atoms with E-state index in [9.17, 15) is 4.79 Å². The van der Waals surface area contributed by atoms with E-state index >= 15 is 0 Å². The largest absolute Gasteiger partial charge is 0.491 e. The van der Waals surface area contributed by atoms with Crippen LogP contribution in [0.1, 0.15) is 18.9 Å². The van der Waals surface area contributed by atoms with Gasteiger partial charge in [-0.15, -0.1) is 0 Å². The number of aliphatic imine (C=N–C) groups is 1. The van der Waals surface area contributed by atoms with Crippen LogP contribution in [-0.4, -0.2) is 51.3 Å². The van der Waals surface area contributed by atoms with Crippen molar-refractivity contribution in [2.75, 3.05) is 38.3 Å². The number of methoxy groups -OCH3 is 1. The van der Waals surface area contributed by atoms with Crippen LogP contribution in [0.5, 0.6) is 5.75 Å². The van der Waals surface area contributed by atoms with Crippen LogP contribution in [0.4, 0.5) is 5.69 Å². The Morgan fingerprint density at radius 1 is 1.13 bits per heavy atom. The zero-order valence-corrected chi connectivity index (χ0v) is 17.6. The highest BCUT2D eigenvalue weighted by atomic mass is 16.5. The molecule has 160 valence electrons. The Hall–Kier alpha value is -3.06. The maximum absolute atomic E-state index is 12.4. The van der Waals surface area contributed by atoms with Crippen LogP contribution >= 0.6 is 0 Å². The number of ether oxygens (including phenoxy) is 2. The molecule has 7 nitrogen and oxygen atoms in total. The van der Waals surface area contributed by atoms with E-state index in [1.54, 1.807) is 7.11 Å². The molecule has 2 N–H and O–H groups in total. The molecule has 2 aromatic rings. The summed E-state index contributed by atoms with van der Waals surface area (Å²) < 4.78 is 10.6. The summed E-state index contributed by atoms with van der Waals surface area (Å²) in [7, 11) is 1.65. The number of carbonyl (C=O) groups is 1. The van der Waals surface area contributed by atoms with Crippen molar-refractivity contribution >= 4 is 17.6 Å². The maximum atomic E-state index is 12.4. The number of anilines is 1. The third-order valence-corrected chi connectivity index (χ3v) is 4.78. The number of benzene rings is 2. The van der Waals surface area contributed by atoms with Gasteiger partial charge < -0.3 is 25.0 Å². The van der Waals surface area contributed by atoms with Crippen molar-refractivity contribution in [3.63, 3.8) is 0 Å². The summed E-state index contributed by atoms with van der Waals surface area (Å²) in [6, 6.07) is 17.7. The van der Waals surface area contributed by atoms with E-state index < -0.39 is 0 Å². The molecule has 30 heavy (non-hydrogen) atoms. The van der Waals surface area contributed by atoms with Crippen LogP contribution < -0.4 is 20.3 Å². The van der Waals surface area contributed by atoms with E-state index in [0.717, 1.165) is 23.5 Å². The van der Waals surface area contributed by atoms with Crippen molar-refractivity contribution in [1.82, 2.24) is 10.6 Å². The normalized spacial score (nSPS) is 16.6. The molecule has 0 radical (unpaired) electrons. The van der Waals surface area contributed by atoms with Crippen LogP contribution in [0, 0.1) is 0 Å². The Morgan fingerprint density at radius 3 is 2.60 bits per heavy atom. The summed E-state index contributed by atoms with van der Waals surface area (Å²) in [5.41, 5.74) is 2.02. The van der Waals surface area contributed by atoms with Gasteiger partial charge in [-0.3, -0.25) is 4.79 Å². The molecule has 1 heterocycles. The van der Waals surface area contributed by atoms with Gasteiger partial charge in [0.05, 0.1) is 19.2 Å². The molecule has 1 unspecified atom stereocenters. The predicted molar refractivity (Wildman–Crippen MR) is 119 cm³/mol. The Bertz CT molecular complexity index is 824. The van der Waals surface area contributed by atoms with Crippen molar-refractivity contribution in [3.8, 4) is 5.75 Å². The number of hydrogen-bond donors (Lipinski definition) is 2. The van der Waals surface area contributed by atoms with Crippen LogP contribution in [0.25, 0.3) is 0 Å². The number of para-hydroxylation sites is 1. The summed E-state index contributed by atoms with van der Waals surface area (Å²) in [6.45, 7) is 5.04. The highest BCUT2D eigenvalue weighted by Crippen LogP contribution is 2.21. The predicted octanol–water partition coefficient (Wildman–Crippen LogP) is 2.57. The fraction of sp³-hybridized carbons (Fsp3) is 0.391. The molecular weight excluding hydrogens is 380 g/mol. The fourth-order valence-electron chi connectivity index (χ4n) is 3.28. The second-order valence-corrected chi connectivity index (χ2v) is 7.07. The summed E-state index contributed by atoms with van der Waals surface area (Å²) in [4.78, 5) is 18.9. The third-order valence-electron chi connectivity index (χ3n) is 4.78. The van der Waals surface area contributed by atoms with Gasteiger partial charge in [0, 0.05) is 32.3 Å². The first-order valence-corrected chi connectivity index (χ1v) is 10.3. The molecule has 0 aromatic heterocycles. The minimum Gasteiger partial charge on any atom is -0.491 e. The Morgan fingerprint density at radius 2 is 1.90 bits per heavy atom. The van der Waals surface area contributed by atoms with E-state index in [-0.39, 0.29) is 11.9 Å². The molecule has 0 saturated carbocycles. The number of nitrogens with zero attached hydrogens (tertiary/aromatic N) is 2. The lowest BCUT2D eigenvalue weighted by Crippen LogP contribution is -2.44. The SMILES string of the molecule is CCNC(=NCc1ccc(OCCOC)cc1)NC1CC(=O)N(c2ccccc2)C1. The molecule has 1 fully saturated rings. The second kappa shape index (κ2) is 11.2. The highest BCUT2D eigenvalue weighted by molar-refractivity contribution is 5.97. The molecule has 1 amide bonds. The number of guanidine groups is 1. The molecule has 1 atom stereocenters. The zero-order chi connectivity index (χ0) is 21.2. The molecule has 7 heteroatoms. The summed E-state index contributed by atoms with van der Waals surface area (Å²) in [6.07, 6.45) is 0.451. The van der Waals surface area contributed by atoms with Crippen molar-refractivity contribution in [2.45, 2.75) is 25.9 Å². The van der Waals surface area contributed by atoms with Crippen molar-refractivity contribution in [1.29, 1.82) is 0 Å². The summed E-state index contributed by atoms with van der Waals surface area (Å²) >= 11 is 0. The Labute approximate surface area is 178 Å². The first-order chi connectivity index (χ1) is 14.7. The fourth-order valence-corrected chi connectivity index (χ4v) is 3.28. The van der Waals surface area contributed by atoms with Crippen LogP contribution in [-0.2, 0) is 16.1 Å². The van der Waals surface area contributed by atoms with Gasteiger partial charge in [0.1, 0.15) is 12.4 Å². The average molecular weight is 411 g/mol. The number of hydrogen-bond acceptors (Lipinski definition) is 4. The van der Waals surface area contributed by atoms with E-state index in [0.29, 0.717) is 38.7 Å². The molecule has 0 aliphatic carbocycles. The van der Waals surface area contributed by atoms with Crippen LogP contribution in [0.3, 0.4) is 0 Å². The van der Waals surface area contributed by atoms with E-state index in [1.807, 2.05) is 66.4 Å². The lowest BCUT2D eigenvalue weighted by Gasteiger charge is -2.19. The van der Waals surface area contributed by atoms with Gasteiger partial charge in [0.2, 0.25) is 5.91 Å². The average Bonchev–Trinajstić information content (AvgIpc) is 3.14. The Balaban J connectivity index is 1.56. The van der Waals surface area contributed by atoms with Crippen molar-refractivity contribution in [2.24, 2.45) is 4.99 Å². The molecule has 2 aromatic carbocycles. The molecular formula is C23H30N4O3. The Kier molecular flexibility index (Phi) is 8.09. The number of carbonyl (C=O) groups excluding carboxylic acids is 1. The lowest BCUT2D eigenvalue weighted by atomic mass is 10.2. The van der Waals surface area contributed by atoms with Gasteiger partial charge in [-0.25, -0.2) is 4.99 Å². The maximum Gasteiger partial charge on any atom is 0.229 e. The molecule has 3 rings (SSSR count). The number of amides is 1. The first kappa shape index (κ1) is 21.6. The smallest absolute Gasteiger partial charge is 0.229 e. The molecule has 1 saturated heterocycles. The number of nitrogens with one attached hydrogen (secondary N) is 2. The molecule has 0 spiro atoms. The zero-order valence-electron chi connectivity index (χ0n) is 17.6. The monoisotopic (exact) mass is 410 g/mol. The van der Waals surface area contributed by atoms with E-state index in [4.69, 9.17) is 9.47 Å².